The van der Waals surface area contributed by atoms with Crippen molar-refractivity contribution in [2.45, 2.75) is 13.5 Å². The van der Waals surface area contributed by atoms with Gasteiger partial charge in [-0.05, 0) is 30.2 Å². The molecule has 0 fully saturated rings. The van der Waals surface area contributed by atoms with Crippen LogP contribution in [0.5, 0.6) is 0 Å². The van der Waals surface area contributed by atoms with E-state index in [0.717, 1.165) is 23.1 Å². The molecule has 0 unspecified atom stereocenters. The second kappa shape index (κ2) is 6.23. The summed E-state index contributed by atoms with van der Waals surface area (Å²) in [5.74, 6) is 0. The average Bonchev–Trinajstić information content (AvgIpc) is 2.17. The van der Waals surface area contributed by atoms with E-state index in [4.69, 9.17) is 11.6 Å². The predicted octanol–water partition coefficient (Wildman–Crippen LogP) is 3.68. The minimum atomic E-state index is 0.829. The van der Waals surface area contributed by atoms with Crippen molar-refractivity contribution in [3.05, 3.63) is 45.4 Å². The zero-order valence-corrected chi connectivity index (χ0v) is 10.4. The van der Waals surface area contributed by atoms with E-state index >= 15 is 0 Å². The molecule has 3 heteroatoms. The highest BCUT2D eigenvalue weighted by atomic mass is 79.9. The fraction of sp³-hybridized carbons (Fsp3) is 0.273. The Hall–Kier alpha value is -0.310. The summed E-state index contributed by atoms with van der Waals surface area (Å²) >= 11 is 8.99. The number of nitrogens with one attached hydrogen (secondary N) is 1. The molecular weight excluding hydrogens is 261 g/mol. The summed E-state index contributed by atoms with van der Waals surface area (Å²) in [7, 11) is 0. The van der Waals surface area contributed by atoms with Crippen LogP contribution in [0.25, 0.3) is 0 Å². The number of hydrogen-bond acceptors (Lipinski definition) is 1. The lowest BCUT2D eigenvalue weighted by Gasteiger charge is -2.04. The quantitative estimate of drug-likeness (QED) is 0.883. The molecule has 0 atom stereocenters. The highest BCUT2D eigenvalue weighted by Crippen LogP contribution is 2.11. The van der Waals surface area contributed by atoms with Crippen LogP contribution in [0.2, 0.25) is 0 Å². The molecule has 0 aromatic heterocycles. The van der Waals surface area contributed by atoms with Crippen LogP contribution in [0.15, 0.2) is 39.8 Å². The van der Waals surface area contributed by atoms with Gasteiger partial charge in [-0.25, -0.2) is 0 Å². The van der Waals surface area contributed by atoms with E-state index in [9.17, 15) is 0 Å². The molecule has 0 saturated carbocycles. The largest absolute Gasteiger partial charge is 0.309 e. The zero-order chi connectivity index (χ0) is 10.4. The molecule has 0 heterocycles. The van der Waals surface area contributed by atoms with Gasteiger partial charge in [0.15, 0.2) is 0 Å². The van der Waals surface area contributed by atoms with Gasteiger partial charge in [0, 0.05) is 23.1 Å². The standard InChI is InChI=1S/C11H13BrClN/c1-9(6-13)7-14-8-10-3-2-4-11(12)5-10/h2-6,14H,7-8H2,1H3/b9-6-. The van der Waals surface area contributed by atoms with Crippen molar-refractivity contribution >= 4 is 27.5 Å². The molecule has 0 aliphatic rings. The van der Waals surface area contributed by atoms with Gasteiger partial charge >= 0.3 is 0 Å². The van der Waals surface area contributed by atoms with Gasteiger partial charge in [0.25, 0.3) is 0 Å². The monoisotopic (exact) mass is 273 g/mol. The lowest BCUT2D eigenvalue weighted by atomic mass is 10.2. The number of benzene rings is 1. The Morgan fingerprint density at radius 2 is 2.36 bits per heavy atom. The van der Waals surface area contributed by atoms with Crippen LogP contribution in [0.4, 0.5) is 0 Å². The summed E-state index contributed by atoms with van der Waals surface area (Å²) < 4.78 is 1.11. The third-order valence-corrected chi connectivity index (χ3v) is 2.67. The summed E-state index contributed by atoms with van der Waals surface area (Å²) in [5.41, 5.74) is 4.01. The maximum atomic E-state index is 5.55. The molecule has 1 rings (SSSR count). The Morgan fingerprint density at radius 1 is 1.57 bits per heavy atom. The minimum Gasteiger partial charge on any atom is -0.309 e. The molecule has 1 N–H and O–H groups in total. The maximum Gasteiger partial charge on any atom is 0.0208 e. The normalized spacial score (nSPS) is 11.8. The van der Waals surface area contributed by atoms with Crippen LogP contribution in [0, 0.1) is 0 Å². The minimum absolute atomic E-state index is 0.829. The zero-order valence-electron chi connectivity index (χ0n) is 8.06. The lowest BCUT2D eigenvalue weighted by molar-refractivity contribution is 0.740. The Kier molecular flexibility index (Phi) is 5.23. The molecule has 0 amide bonds. The second-order valence-corrected chi connectivity index (χ2v) is 4.32. The molecule has 1 aromatic carbocycles. The van der Waals surface area contributed by atoms with E-state index in [1.807, 2.05) is 19.1 Å². The first-order valence-electron chi connectivity index (χ1n) is 4.43. The Morgan fingerprint density at radius 3 is 3.00 bits per heavy atom. The van der Waals surface area contributed by atoms with Crippen molar-refractivity contribution in [1.82, 2.24) is 5.32 Å². The SMILES string of the molecule is C/C(=C/Cl)CNCc1cccc(Br)c1. The van der Waals surface area contributed by atoms with Crippen LogP contribution in [0.3, 0.4) is 0 Å². The molecule has 1 nitrogen and oxygen atoms in total. The first-order chi connectivity index (χ1) is 6.72. The molecule has 14 heavy (non-hydrogen) atoms. The van der Waals surface area contributed by atoms with E-state index in [0.29, 0.717) is 0 Å². The van der Waals surface area contributed by atoms with Gasteiger partial charge in [-0.1, -0.05) is 39.7 Å². The van der Waals surface area contributed by atoms with Gasteiger partial charge < -0.3 is 5.32 Å². The van der Waals surface area contributed by atoms with E-state index in [-0.39, 0.29) is 0 Å². The molecule has 0 spiro atoms. The van der Waals surface area contributed by atoms with E-state index < -0.39 is 0 Å². The van der Waals surface area contributed by atoms with E-state index in [1.165, 1.54) is 5.56 Å². The summed E-state index contributed by atoms with van der Waals surface area (Å²) in [6, 6.07) is 8.25. The van der Waals surface area contributed by atoms with Gasteiger partial charge in [-0.15, -0.1) is 0 Å². The lowest BCUT2D eigenvalue weighted by Crippen LogP contribution is -2.15. The van der Waals surface area contributed by atoms with Gasteiger partial charge in [0.2, 0.25) is 0 Å². The first kappa shape index (κ1) is 11.8. The molecule has 1 aromatic rings. The highest BCUT2D eigenvalue weighted by Gasteiger charge is 1.93. The molecular formula is C11H13BrClN. The summed E-state index contributed by atoms with van der Waals surface area (Å²) in [6.45, 7) is 3.69. The highest BCUT2D eigenvalue weighted by molar-refractivity contribution is 9.10. The van der Waals surface area contributed by atoms with E-state index in [1.54, 1.807) is 5.54 Å². The summed E-state index contributed by atoms with van der Waals surface area (Å²) in [5, 5.41) is 3.31. The van der Waals surface area contributed by atoms with Crippen LogP contribution in [-0.2, 0) is 6.54 Å². The fourth-order valence-electron chi connectivity index (χ4n) is 1.09. The molecule has 0 aliphatic carbocycles. The Balaban J connectivity index is 2.39. The van der Waals surface area contributed by atoms with Crippen LogP contribution in [-0.4, -0.2) is 6.54 Å². The molecule has 76 valence electrons. The van der Waals surface area contributed by atoms with Crippen LogP contribution < -0.4 is 5.32 Å². The van der Waals surface area contributed by atoms with Crippen molar-refractivity contribution in [2.24, 2.45) is 0 Å². The molecule has 0 saturated heterocycles. The second-order valence-electron chi connectivity index (χ2n) is 3.19. The van der Waals surface area contributed by atoms with Gasteiger partial charge in [-0.2, -0.15) is 0 Å². The van der Waals surface area contributed by atoms with Crippen LogP contribution >= 0.6 is 27.5 Å². The van der Waals surface area contributed by atoms with Crippen molar-refractivity contribution in [3.63, 3.8) is 0 Å². The smallest absolute Gasteiger partial charge is 0.0208 e. The average molecular weight is 275 g/mol. The van der Waals surface area contributed by atoms with Gasteiger partial charge in [0.05, 0.1) is 0 Å². The molecule has 0 aliphatic heterocycles. The van der Waals surface area contributed by atoms with Crippen LogP contribution in [0.1, 0.15) is 12.5 Å². The summed E-state index contributed by atoms with van der Waals surface area (Å²) in [4.78, 5) is 0. The summed E-state index contributed by atoms with van der Waals surface area (Å²) in [6.07, 6.45) is 0. The molecule has 0 radical (unpaired) electrons. The van der Waals surface area contributed by atoms with Gasteiger partial charge in [-0.3, -0.25) is 0 Å². The van der Waals surface area contributed by atoms with Crippen molar-refractivity contribution in [2.75, 3.05) is 6.54 Å². The predicted molar refractivity (Wildman–Crippen MR) is 65.5 cm³/mol. The van der Waals surface area contributed by atoms with Crippen molar-refractivity contribution < 1.29 is 0 Å². The van der Waals surface area contributed by atoms with Gasteiger partial charge in [0.1, 0.15) is 0 Å². The number of hydrogen-bond donors (Lipinski definition) is 1. The third-order valence-electron chi connectivity index (χ3n) is 1.81. The molecule has 0 bridgehead atoms. The number of rotatable bonds is 4. The maximum absolute atomic E-state index is 5.55. The topological polar surface area (TPSA) is 12.0 Å². The Labute approximate surface area is 98.3 Å². The van der Waals surface area contributed by atoms with Crippen molar-refractivity contribution in [1.29, 1.82) is 0 Å². The number of halogens is 2. The first-order valence-corrected chi connectivity index (χ1v) is 5.66. The van der Waals surface area contributed by atoms with E-state index in [2.05, 4.69) is 33.4 Å². The van der Waals surface area contributed by atoms with Crippen molar-refractivity contribution in [3.8, 4) is 0 Å². The fourth-order valence-corrected chi connectivity index (χ4v) is 1.61. The third kappa shape index (κ3) is 4.27. The Bertz CT molecular complexity index is 323.